The molecule has 2 aromatic rings. The molecule has 1 aliphatic rings. The van der Waals surface area contributed by atoms with Gasteiger partial charge >= 0.3 is 0 Å². The Labute approximate surface area is 155 Å². The molecule has 0 radical (unpaired) electrons. The van der Waals surface area contributed by atoms with E-state index >= 15 is 0 Å². The van der Waals surface area contributed by atoms with E-state index in [9.17, 15) is 13.2 Å². The molecular formula is C20H24N2O3S. The van der Waals surface area contributed by atoms with Crippen molar-refractivity contribution in [1.82, 2.24) is 4.90 Å². The van der Waals surface area contributed by atoms with Gasteiger partial charge in [0, 0.05) is 25.7 Å². The lowest BCUT2D eigenvalue weighted by Crippen LogP contribution is -2.35. The van der Waals surface area contributed by atoms with Crippen molar-refractivity contribution >= 4 is 21.6 Å². The average molecular weight is 372 g/mol. The summed E-state index contributed by atoms with van der Waals surface area (Å²) in [6.07, 6.45) is 3.20. The Kier molecular flexibility index (Phi) is 5.32. The molecule has 0 atom stereocenters. The van der Waals surface area contributed by atoms with E-state index in [0.717, 1.165) is 37.9 Å². The Bertz CT molecular complexity index is 886. The Balaban J connectivity index is 1.87. The van der Waals surface area contributed by atoms with Crippen molar-refractivity contribution in [2.75, 3.05) is 24.4 Å². The number of anilines is 1. The fourth-order valence-corrected chi connectivity index (χ4v) is 4.31. The molecule has 6 heteroatoms. The summed E-state index contributed by atoms with van der Waals surface area (Å²) in [4.78, 5) is 14.8. The van der Waals surface area contributed by atoms with Gasteiger partial charge in [-0.3, -0.25) is 9.10 Å². The third-order valence-electron chi connectivity index (χ3n) is 4.78. The molecule has 1 amide bonds. The number of amides is 1. The largest absolute Gasteiger partial charge is 0.339 e. The lowest BCUT2D eigenvalue weighted by molar-refractivity contribution is 0.0724. The highest BCUT2D eigenvalue weighted by Gasteiger charge is 2.23. The monoisotopic (exact) mass is 372 g/mol. The molecule has 5 nitrogen and oxygen atoms in total. The molecule has 3 rings (SSSR count). The Morgan fingerprint density at radius 2 is 1.65 bits per heavy atom. The van der Waals surface area contributed by atoms with Gasteiger partial charge in [0.1, 0.15) is 0 Å². The van der Waals surface area contributed by atoms with Crippen LogP contribution in [0.15, 0.2) is 53.4 Å². The van der Waals surface area contributed by atoms with Gasteiger partial charge in [0.05, 0.1) is 10.6 Å². The van der Waals surface area contributed by atoms with Crippen molar-refractivity contribution in [3.8, 4) is 0 Å². The standard InChI is InChI=1S/C20H24N2O3S/c1-16-9-11-19(12-10-16)26(24,25)21(2)18-8-6-7-17(15-18)20(23)22-13-4-3-5-14-22/h6-12,15H,3-5,13-14H2,1-2H3. The first-order valence-electron chi connectivity index (χ1n) is 8.84. The van der Waals surface area contributed by atoms with Crippen molar-refractivity contribution in [3.05, 3.63) is 59.7 Å². The first-order chi connectivity index (χ1) is 12.4. The van der Waals surface area contributed by atoms with Gasteiger partial charge in [0.2, 0.25) is 0 Å². The van der Waals surface area contributed by atoms with Crippen LogP contribution >= 0.6 is 0 Å². The Morgan fingerprint density at radius 1 is 1.00 bits per heavy atom. The molecule has 1 heterocycles. The van der Waals surface area contributed by atoms with Crippen LogP contribution in [0.1, 0.15) is 35.2 Å². The molecule has 1 fully saturated rings. The topological polar surface area (TPSA) is 57.7 Å². The summed E-state index contributed by atoms with van der Waals surface area (Å²) >= 11 is 0. The summed E-state index contributed by atoms with van der Waals surface area (Å²) in [6, 6.07) is 13.6. The number of aryl methyl sites for hydroxylation is 1. The van der Waals surface area contributed by atoms with Crippen molar-refractivity contribution in [3.63, 3.8) is 0 Å². The minimum absolute atomic E-state index is 0.0346. The van der Waals surface area contributed by atoms with E-state index in [1.54, 1.807) is 48.5 Å². The molecule has 1 aliphatic heterocycles. The van der Waals surface area contributed by atoms with Crippen LogP contribution in [0.25, 0.3) is 0 Å². The third kappa shape index (κ3) is 3.75. The predicted molar refractivity (Wildman–Crippen MR) is 103 cm³/mol. The van der Waals surface area contributed by atoms with Gasteiger partial charge < -0.3 is 4.90 Å². The minimum Gasteiger partial charge on any atom is -0.339 e. The number of piperidine rings is 1. The maximum absolute atomic E-state index is 12.9. The highest BCUT2D eigenvalue weighted by Crippen LogP contribution is 2.24. The minimum atomic E-state index is -3.67. The zero-order valence-corrected chi connectivity index (χ0v) is 16.0. The van der Waals surface area contributed by atoms with Crippen molar-refractivity contribution < 1.29 is 13.2 Å². The van der Waals surface area contributed by atoms with Gasteiger partial charge in [-0.1, -0.05) is 23.8 Å². The molecule has 0 unspecified atom stereocenters. The second kappa shape index (κ2) is 7.50. The summed E-state index contributed by atoms with van der Waals surface area (Å²) in [6.45, 7) is 3.44. The maximum atomic E-state index is 12.9. The van der Waals surface area contributed by atoms with E-state index in [4.69, 9.17) is 0 Å². The van der Waals surface area contributed by atoms with Crippen LogP contribution in [0.3, 0.4) is 0 Å². The number of nitrogens with zero attached hydrogens (tertiary/aromatic N) is 2. The molecule has 0 aliphatic carbocycles. The summed E-state index contributed by atoms with van der Waals surface area (Å²) in [5.74, 6) is -0.0346. The van der Waals surface area contributed by atoms with E-state index < -0.39 is 10.0 Å². The molecule has 2 aromatic carbocycles. The highest BCUT2D eigenvalue weighted by atomic mass is 32.2. The van der Waals surface area contributed by atoms with Gasteiger partial charge in [0.25, 0.3) is 15.9 Å². The molecule has 0 spiro atoms. The first kappa shape index (κ1) is 18.5. The number of benzene rings is 2. The highest BCUT2D eigenvalue weighted by molar-refractivity contribution is 7.92. The number of rotatable bonds is 4. The maximum Gasteiger partial charge on any atom is 0.264 e. The van der Waals surface area contributed by atoms with Crippen molar-refractivity contribution in [2.24, 2.45) is 0 Å². The molecule has 0 N–H and O–H groups in total. The van der Waals surface area contributed by atoms with Gasteiger partial charge in [-0.2, -0.15) is 0 Å². The molecule has 0 aromatic heterocycles. The van der Waals surface area contributed by atoms with Crippen LogP contribution in [0.4, 0.5) is 5.69 Å². The average Bonchev–Trinajstić information content (AvgIpc) is 2.68. The summed E-state index contributed by atoms with van der Waals surface area (Å²) in [5, 5.41) is 0. The van der Waals surface area contributed by atoms with E-state index in [2.05, 4.69) is 0 Å². The lowest BCUT2D eigenvalue weighted by atomic mass is 10.1. The molecule has 138 valence electrons. The number of sulfonamides is 1. The Hall–Kier alpha value is -2.34. The second-order valence-corrected chi connectivity index (χ2v) is 8.66. The van der Waals surface area contributed by atoms with Gasteiger partial charge in [-0.05, 0) is 56.5 Å². The smallest absolute Gasteiger partial charge is 0.264 e. The van der Waals surface area contributed by atoms with E-state index in [1.807, 2.05) is 11.8 Å². The molecule has 0 saturated carbocycles. The fourth-order valence-electron chi connectivity index (χ4n) is 3.12. The van der Waals surface area contributed by atoms with Crippen molar-refractivity contribution in [1.29, 1.82) is 0 Å². The van der Waals surface area contributed by atoms with Gasteiger partial charge in [0.15, 0.2) is 0 Å². The van der Waals surface area contributed by atoms with Crippen LogP contribution in [-0.2, 0) is 10.0 Å². The molecule has 1 saturated heterocycles. The van der Waals surface area contributed by atoms with Gasteiger partial charge in [-0.25, -0.2) is 8.42 Å². The number of likely N-dealkylation sites (tertiary alicyclic amines) is 1. The lowest BCUT2D eigenvalue weighted by Gasteiger charge is -2.27. The number of carbonyl (C=O) groups is 1. The third-order valence-corrected chi connectivity index (χ3v) is 6.58. The van der Waals surface area contributed by atoms with E-state index in [1.165, 1.54) is 11.4 Å². The van der Waals surface area contributed by atoms with Crippen LogP contribution in [0, 0.1) is 6.92 Å². The van der Waals surface area contributed by atoms with Crippen LogP contribution in [0.2, 0.25) is 0 Å². The van der Waals surface area contributed by atoms with Crippen LogP contribution in [0.5, 0.6) is 0 Å². The zero-order valence-electron chi connectivity index (χ0n) is 15.2. The second-order valence-electron chi connectivity index (χ2n) is 6.69. The summed E-state index contributed by atoms with van der Waals surface area (Å²) < 4.78 is 26.9. The quantitative estimate of drug-likeness (QED) is 0.826. The van der Waals surface area contributed by atoms with Crippen molar-refractivity contribution in [2.45, 2.75) is 31.1 Å². The SMILES string of the molecule is Cc1ccc(S(=O)(=O)N(C)c2cccc(C(=O)N3CCCCC3)c2)cc1. The van der Waals surface area contributed by atoms with E-state index in [-0.39, 0.29) is 10.8 Å². The number of hydrogen-bond donors (Lipinski definition) is 0. The molecular weight excluding hydrogens is 348 g/mol. The van der Waals surface area contributed by atoms with Gasteiger partial charge in [-0.15, -0.1) is 0 Å². The number of hydrogen-bond acceptors (Lipinski definition) is 3. The van der Waals surface area contributed by atoms with E-state index in [0.29, 0.717) is 11.3 Å². The first-order valence-corrected chi connectivity index (χ1v) is 10.3. The molecule has 0 bridgehead atoms. The van der Waals surface area contributed by atoms with Crippen LogP contribution < -0.4 is 4.31 Å². The normalized spacial score (nSPS) is 14.9. The zero-order chi connectivity index (χ0) is 18.7. The predicted octanol–water partition coefficient (Wildman–Crippen LogP) is 3.45. The summed E-state index contributed by atoms with van der Waals surface area (Å²) in [7, 11) is -2.15. The molecule has 26 heavy (non-hydrogen) atoms. The Morgan fingerprint density at radius 3 is 2.31 bits per heavy atom. The van der Waals surface area contributed by atoms with Crippen LogP contribution in [-0.4, -0.2) is 39.4 Å². The number of carbonyl (C=O) groups excluding carboxylic acids is 1. The fraction of sp³-hybridized carbons (Fsp3) is 0.350. The summed E-state index contributed by atoms with van der Waals surface area (Å²) in [5.41, 5.74) is 2.00.